The van der Waals surface area contributed by atoms with Crippen molar-refractivity contribution in [2.45, 2.75) is 6.61 Å². The molecule has 0 aliphatic heterocycles. The molecule has 0 heterocycles. The van der Waals surface area contributed by atoms with Crippen LogP contribution >= 0.6 is 0 Å². The molecule has 0 amide bonds. The third-order valence-electron chi connectivity index (χ3n) is 2.72. The van der Waals surface area contributed by atoms with Gasteiger partial charge in [-0.1, -0.05) is 0 Å². The fraction of sp³-hybridized carbons (Fsp3) is 0.0714. The van der Waals surface area contributed by atoms with Crippen LogP contribution in [-0.2, 0) is 6.61 Å². The van der Waals surface area contributed by atoms with Crippen LogP contribution in [0.3, 0.4) is 0 Å². The molecule has 0 unspecified atom stereocenters. The number of aliphatic hydroxyl groups is 1. The second-order valence-electron chi connectivity index (χ2n) is 4.27. The lowest BCUT2D eigenvalue weighted by atomic mass is 10.2. The first-order valence-electron chi connectivity index (χ1n) is 6.23. The summed E-state index contributed by atoms with van der Waals surface area (Å²) in [4.78, 5) is 29.3. The highest BCUT2D eigenvalue weighted by Gasteiger charge is 2.13. The molecule has 24 heavy (non-hydrogen) atoms. The quantitative estimate of drug-likeness (QED) is 0.518. The lowest BCUT2D eigenvalue weighted by molar-refractivity contribution is -0.385. The minimum absolute atomic E-state index is 0.0139. The number of benzene rings is 2. The zero-order valence-corrected chi connectivity index (χ0v) is 11.9. The van der Waals surface area contributed by atoms with Gasteiger partial charge in [0.25, 0.3) is 11.4 Å². The van der Waals surface area contributed by atoms with E-state index in [1.165, 1.54) is 0 Å². The predicted molar refractivity (Wildman–Crippen MR) is 77.4 cm³/mol. The fourth-order valence-electron chi connectivity index (χ4n) is 1.64. The third kappa shape index (κ3) is 4.88. The maximum atomic E-state index is 12.5. The summed E-state index contributed by atoms with van der Waals surface area (Å²) in [6.45, 7) is -0.534. The van der Waals surface area contributed by atoms with Gasteiger partial charge in [0.1, 0.15) is 11.6 Å². The average Bonchev–Trinajstić information content (AvgIpc) is 2.54. The van der Waals surface area contributed by atoms with Gasteiger partial charge in [0.05, 0.1) is 27.6 Å². The highest BCUT2D eigenvalue weighted by Crippen LogP contribution is 2.19. The summed E-state index contributed by atoms with van der Waals surface area (Å²) in [6, 6.07) is 5.67. The van der Waals surface area contributed by atoms with Crippen molar-refractivity contribution >= 4 is 17.7 Å². The minimum atomic E-state index is -0.733. The molecule has 2 aromatic rings. The second kappa shape index (κ2) is 8.39. The van der Waals surface area contributed by atoms with Crippen molar-refractivity contribution in [1.82, 2.24) is 0 Å². The van der Waals surface area contributed by atoms with Crippen LogP contribution in [-0.4, -0.2) is 21.2 Å². The van der Waals surface area contributed by atoms with E-state index in [1.54, 1.807) is 0 Å². The molecule has 1 N–H and O–H groups in total. The maximum absolute atomic E-state index is 12.5. The molecule has 0 spiro atoms. The average molecular weight is 340 g/mol. The normalized spacial score (nSPS) is 9.62. The Kier molecular flexibility index (Phi) is 6.56. The smallest absolute Gasteiger partial charge is 0.280 e. The Bertz CT molecular complexity index is 782. The molecule has 2 rings (SSSR count). The van der Waals surface area contributed by atoms with Crippen LogP contribution in [0.5, 0.6) is 0 Å². The van der Waals surface area contributed by atoms with Crippen molar-refractivity contribution < 1.29 is 28.5 Å². The van der Waals surface area contributed by atoms with Gasteiger partial charge in [-0.05, 0) is 24.3 Å². The lowest BCUT2D eigenvalue weighted by Gasteiger charge is -1.97. The molecule has 10 heteroatoms. The highest BCUT2D eigenvalue weighted by molar-refractivity contribution is 5.81. The Morgan fingerprint density at radius 1 is 0.958 bits per heavy atom. The van der Waals surface area contributed by atoms with Crippen molar-refractivity contribution in [3.05, 3.63) is 79.4 Å². The van der Waals surface area contributed by atoms with Gasteiger partial charge in [-0.25, -0.2) is 8.78 Å². The molecule has 0 radical (unpaired) electrons. The summed E-state index contributed by atoms with van der Waals surface area (Å²) >= 11 is 0. The molecule has 0 aromatic heterocycles. The van der Waals surface area contributed by atoms with Crippen LogP contribution in [0.15, 0.2) is 36.4 Å². The number of aliphatic hydroxyl groups excluding tert-OH is 1. The minimum Gasteiger partial charge on any atom is -0.391 e. The van der Waals surface area contributed by atoms with Gasteiger partial charge in [0, 0.05) is 12.1 Å². The van der Waals surface area contributed by atoms with Crippen molar-refractivity contribution in [2.24, 2.45) is 0 Å². The summed E-state index contributed by atoms with van der Waals surface area (Å²) in [5.41, 5.74) is -0.912. The Labute approximate surface area is 133 Å². The standard InChI is InChI=1S/C7H6FNO3.C7H4FNO3/c2*8-6-1-2-7(9(11)12)5(3-6)4-10/h1-3,10H,4H2;1-4H. The van der Waals surface area contributed by atoms with Gasteiger partial charge < -0.3 is 5.11 Å². The van der Waals surface area contributed by atoms with Crippen molar-refractivity contribution in [3.8, 4) is 0 Å². The van der Waals surface area contributed by atoms with Crippen LogP contribution in [0.25, 0.3) is 0 Å². The van der Waals surface area contributed by atoms with Gasteiger partial charge in [-0.2, -0.15) is 0 Å². The molecule has 0 bridgehead atoms. The molecule has 0 saturated carbocycles. The third-order valence-corrected chi connectivity index (χ3v) is 2.72. The number of nitrogens with zero attached hydrogens (tertiary/aromatic N) is 2. The molecule has 0 aliphatic carbocycles. The van der Waals surface area contributed by atoms with Crippen molar-refractivity contribution in [3.63, 3.8) is 0 Å². The maximum Gasteiger partial charge on any atom is 0.280 e. The first kappa shape index (κ1) is 18.8. The summed E-state index contributed by atoms with van der Waals surface area (Å²) in [5.74, 6) is -1.26. The summed E-state index contributed by atoms with van der Waals surface area (Å²) in [7, 11) is 0. The molecule has 0 atom stereocenters. The number of hydrogen-bond acceptors (Lipinski definition) is 6. The van der Waals surface area contributed by atoms with E-state index in [1.807, 2.05) is 0 Å². The largest absolute Gasteiger partial charge is 0.391 e. The number of halogens is 2. The molecular weight excluding hydrogens is 330 g/mol. The van der Waals surface area contributed by atoms with E-state index >= 15 is 0 Å². The molecule has 0 fully saturated rings. The molecule has 0 aliphatic rings. The Hall–Kier alpha value is -3.27. The molecule has 8 nitrogen and oxygen atoms in total. The van der Waals surface area contributed by atoms with E-state index in [4.69, 9.17) is 5.11 Å². The zero-order chi connectivity index (χ0) is 18.3. The monoisotopic (exact) mass is 340 g/mol. The highest BCUT2D eigenvalue weighted by atomic mass is 19.1. The van der Waals surface area contributed by atoms with Gasteiger partial charge in [0.2, 0.25) is 0 Å². The van der Waals surface area contributed by atoms with Gasteiger partial charge in [-0.15, -0.1) is 0 Å². The number of carbonyl (C=O) groups excluding carboxylic acids is 1. The zero-order valence-electron chi connectivity index (χ0n) is 11.9. The first-order chi connectivity index (χ1) is 11.3. The van der Waals surface area contributed by atoms with Crippen LogP contribution in [0.1, 0.15) is 15.9 Å². The van der Waals surface area contributed by atoms with E-state index in [0.29, 0.717) is 0 Å². The number of rotatable bonds is 4. The number of aldehydes is 1. The van der Waals surface area contributed by atoms with E-state index in [-0.39, 0.29) is 28.8 Å². The van der Waals surface area contributed by atoms with Crippen molar-refractivity contribution in [2.75, 3.05) is 0 Å². The summed E-state index contributed by atoms with van der Waals surface area (Å²) in [5, 5.41) is 29.1. The summed E-state index contributed by atoms with van der Waals surface area (Å²) < 4.78 is 24.9. The SMILES string of the molecule is O=Cc1cc(F)ccc1[N+](=O)[O-].O=[N+]([O-])c1ccc(F)cc1CO. The molecule has 126 valence electrons. The number of nitro groups is 2. The summed E-state index contributed by atoms with van der Waals surface area (Å²) in [6.07, 6.45) is 0.251. The number of nitro benzene ring substituents is 2. The fourth-order valence-corrected chi connectivity index (χ4v) is 1.64. The van der Waals surface area contributed by atoms with Gasteiger partial charge in [0.15, 0.2) is 6.29 Å². The first-order valence-corrected chi connectivity index (χ1v) is 6.23. The molecular formula is C14H10F2N2O6. The van der Waals surface area contributed by atoms with Gasteiger partial charge >= 0.3 is 0 Å². The van der Waals surface area contributed by atoms with E-state index in [0.717, 1.165) is 36.4 Å². The van der Waals surface area contributed by atoms with Crippen molar-refractivity contribution in [1.29, 1.82) is 0 Å². The van der Waals surface area contributed by atoms with Gasteiger partial charge in [-0.3, -0.25) is 25.0 Å². The molecule has 2 aromatic carbocycles. The number of hydrogen-bond donors (Lipinski definition) is 1. The van der Waals surface area contributed by atoms with E-state index in [2.05, 4.69) is 0 Å². The second-order valence-corrected chi connectivity index (χ2v) is 4.27. The van der Waals surface area contributed by atoms with Crippen LogP contribution in [0.4, 0.5) is 20.2 Å². The van der Waals surface area contributed by atoms with Crippen LogP contribution in [0.2, 0.25) is 0 Å². The van der Waals surface area contributed by atoms with E-state index < -0.39 is 28.1 Å². The number of carbonyl (C=O) groups is 1. The van der Waals surface area contributed by atoms with E-state index in [9.17, 15) is 33.8 Å². The Morgan fingerprint density at radius 3 is 1.92 bits per heavy atom. The Balaban J connectivity index is 0.000000240. The topological polar surface area (TPSA) is 124 Å². The lowest BCUT2D eigenvalue weighted by Crippen LogP contribution is -1.95. The van der Waals surface area contributed by atoms with Crippen LogP contribution < -0.4 is 0 Å². The predicted octanol–water partition coefficient (Wildman–Crippen LogP) is 2.77. The Morgan fingerprint density at radius 2 is 1.46 bits per heavy atom. The van der Waals surface area contributed by atoms with Crippen LogP contribution in [0, 0.1) is 31.9 Å². The molecule has 0 saturated heterocycles.